The molecule has 734 valence electrons. The number of aromatic nitrogens is 4. The Morgan fingerprint density at radius 1 is 0.453 bits per heavy atom. The van der Waals surface area contributed by atoms with Gasteiger partial charge < -0.3 is 123 Å². The second kappa shape index (κ2) is 71.1. The number of amides is 2. The van der Waals surface area contributed by atoms with Crippen molar-refractivity contribution in [2.75, 3.05) is 366 Å². The highest BCUT2D eigenvalue weighted by Gasteiger charge is 2.28. The van der Waals surface area contributed by atoms with Crippen LogP contribution in [0, 0.1) is 17.8 Å². The number of piperazine rings is 5. The highest BCUT2D eigenvalue weighted by Crippen LogP contribution is 2.24. The van der Waals surface area contributed by atoms with Gasteiger partial charge in [-0.25, -0.2) is 9.97 Å². The summed E-state index contributed by atoms with van der Waals surface area (Å²) in [5.74, 6) is 3.51. The number of nitrogens with one attached hydrogen (secondary N) is 7. The Labute approximate surface area is 776 Å². The molecule has 0 radical (unpaired) electrons. The van der Waals surface area contributed by atoms with Crippen molar-refractivity contribution in [3.05, 3.63) is 67.6 Å². The van der Waals surface area contributed by atoms with Crippen LogP contribution in [0.5, 0.6) is 0 Å². The third kappa shape index (κ3) is 49.4. The maximum atomic E-state index is 11.7. The fourth-order valence-electron chi connectivity index (χ4n) is 18.3. The molecule has 0 aromatic carbocycles. The number of hydrogen-bond acceptors (Lipinski definition) is 30. The van der Waals surface area contributed by atoms with E-state index in [0.717, 1.165) is 167 Å². The van der Waals surface area contributed by atoms with Crippen molar-refractivity contribution in [3.8, 4) is 0 Å². The van der Waals surface area contributed by atoms with Crippen molar-refractivity contribution < 1.29 is 19.1 Å². The van der Waals surface area contributed by atoms with Crippen molar-refractivity contribution in [3.63, 3.8) is 0 Å². The molecule has 128 heavy (non-hydrogen) atoms. The van der Waals surface area contributed by atoms with E-state index in [1.165, 1.54) is 271 Å². The van der Waals surface area contributed by atoms with Gasteiger partial charge in [0.2, 0.25) is 11.8 Å². The molecule has 0 saturated carbocycles. The number of nitrogens with two attached hydrogens (primary N) is 3. The summed E-state index contributed by atoms with van der Waals surface area (Å²) in [6.45, 7) is 49.8. The highest BCUT2D eigenvalue weighted by atomic mass is 16.5. The number of rotatable bonds is 25. The summed E-state index contributed by atoms with van der Waals surface area (Å²) in [6.07, 6.45) is 36.5. The summed E-state index contributed by atoms with van der Waals surface area (Å²) >= 11 is 0. The fourth-order valence-corrected chi connectivity index (χ4v) is 18.3. The van der Waals surface area contributed by atoms with Crippen molar-refractivity contribution in [1.29, 1.82) is 0 Å². The Kier molecular flexibility index (Phi) is 61.7. The van der Waals surface area contributed by atoms with Gasteiger partial charge >= 0.3 is 5.97 Å². The molecule has 0 bridgehead atoms. The number of ether oxygens (including phenoxy) is 1. The molecule has 12 saturated heterocycles. The molecule has 0 spiro atoms. The zero-order chi connectivity index (χ0) is 91.7. The standard InChI is InChI=1S/2C12H18N4O.C12H25N3.C11H22N2.C10H22N2.C9H21N3.C8H12N4.C8H15NO2.C7H17N3.C7H16N2/c1-13-10-12(17)16-8-6-15(7-9-16)11-2-4-14-5-3-11;13-4-1-12(17)16-9-7-15(8-10-16)11-2-5-14-6-3-11;13-6-11-14-9-4-12(5-10-14)15-7-2-1-3-8-15;1-2-8-13(9-3-1)10-11-4-6-12-7-5-11;1-12(2)9-3-4-10-5-7-11-8-6-10;1-10-4-3-5-12-8-6-11(2)7-9-12;1-2-10-7-11-8(1)12-5-3-9-4-6-12;1-2-11-8(10)7-3-5-9-6-4-7;1-9-4-6-10(3-2-8)7-5-9;1-9(2)7-3-5-8-6-4-7/h2-5,13H,6-10H2,1H3;2-3,5-6H,1,4,7-10,13H2;12H,1-11,13H2;11-12H,1-10H2;10-11H,3-9H2,1-2H3;10H,3-9H2,1-2H3;1-2,7,9H,3-6H2;7,9H,2-6H2,1H3;2-8H2,1H3;7-8H,3-6H2,1-2H3. The first-order chi connectivity index (χ1) is 62.5. The van der Waals surface area contributed by atoms with Gasteiger partial charge in [0.05, 0.1) is 19.1 Å². The van der Waals surface area contributed by atoms with Crippen LogP contribution in [0.1, 0.15) is 135 Å². The van der Waals surface area contributed by atoms with Gasteiger partial charge in [0.25, 0.3) is 0 Å². The highest BCUT2D eigenvalue weighted by molar-refractivity contribution is 5.78. The predicted molar refractivity (Wildman–Crippen MR) is 531 cm³/mol. The van der Waals surface area contributed by atoms with Gasteiger partial charge in [-0.05, 0) is 326 Å². The lowest BCUT2D eigenvalue weighted by atomic mass is 9.93. The Morgan fingerprint density at radius 3 is 1.37 bits per heavy atom. The van der Waals surface area contributed by atoms with E-state index in [1.54, 1.807) is 44.4 Å². The molecule has 15 heterocycles. The van der Waals surface area contributed by atoms with Crippen molar-refractivity contribution in [2.24, 2.45) is 35.0 Å². The van der Waals surface area contributed by atoms with E-state index in [1.807, 2.05) is 54.1 Å². The molecule has 13 N–H and O–H groups in total. The summed E-state index contributed by atoms with van der Waals surface area (Å²) in [5.41, 5.74) is 18.8. The number of likely N-dealkylation sites (N-methyl/N-ethyl adjacent to an activating group) is 3. The molecule has 12 aliphatic heterocycles. The quantitative estimate of drug-likeness (QED) is 0.0429. The average Bonchev–Trinajstić information content (AvgIpc) is 0.858. The average molecular weight is 1800 g/mol. The first-order valence-electron chi connectivity index (χ1n) is 50.3. The van der Waals surface area contributed by atoms with Crippen LogP contribution in [-0.2, 0) is 19.1 Å². The van der Waals surface area contributed by atoms with Crippen LogP contribution >= 0.6 is 0 Å². The topological polar surface area (TPSA) is 320 Å². The van der Waals surface area contributed by atoms with Crippen LogP contribution in [0.15, 0.2) is 67.6 Å². The van der Waals surface area contributed by atoms with Gasteiger partial charge in [-0.15, -0.1) is 0 Å². The number of piperidine rings is 7. The number of likely N-dealkylation sites (tertiary alicyclic amines) is 3. The minimum absolute atomic E-state index is 0.0194. The first kappa shape index (κ1) is 111. The maximum absolute atomic E-state index is 11.7. The first-order valence-corrected chi connectivity index (χ1v) is 50.3. The Morgan fingerprint density at radius 2 is 0.914 bits per heavy atom. The van der Waals surface area contributed by atoms with E-state index < -0.39 is 0 Å². The number of carbonyl (C=O) groups is 3. The summed E-state index contributed by atoms with van der Waals surface area (Å²) in [7, 11) is 16.8. The van der Waals surface area contributed by atoms with Gasteiger partial charge in [0.1, 0.15) is 12.1 Å². The Bertz CT molecular complexity index is 2980. The number of pyridine rings is 2. The van der Waals surface area contributed by atoms with Gasteiger partial charge in [-0.3, -0.25) is 29.3 Å². The van der Waals surface area contributed by atoms with Crippen LogP contribution in [0.4, 0.5) is 17.2 Å². The number of nitrogens with zero attached hydrogens (tertiary/aromatic N) is 18. The SMILES string of the molecule is C1CCN(CC2CCNCC2)CC1.CCOC(=O)C1CCNCC1.CN(C)C1CCNCC1.CN(C)CCCC1CCNCC1.CN1CCN(CCN)CC1.CNCC(=O)N1CCN(c2ccncc2)CC1.CNCCCN1CCN(C)CC1.NCCC(=O)N1CCN(c2ccncc2)CC1.NCCN1CCC(N2CCCCC2)CC1.c1cc(N2CCNCC2)ncn1. The molecule has 2 amide bonds. The second-order valence-electron chi connectivity index (χ2n) is 36.9. The van der Waals surface area contributed by atoms with Crippen LogP contribution in [0.25, 0.3) is 0 Å². The summed E-state index contributed by atoms with van der Waals surface area (Å²) in [6, 6.07) is 11.7. The van der Waals surface area contributed by atoms with Gasteiger partial charge in [-0.1, -0.05) is 12.8 Å². The molecule has 0 aliphatic carbocycles. The molecule has 32 nitrogen and oxygen atoms in total. The third-order valence-electron chi connectivity index (χ3n) is 26.6. The van der Waals surface area contributed by atoms with E-state index in [-0.39, 0.29) is 23.7 Å². The number of hydrogen-bond donors (Lipinski definition) is 10. The lowest BCUT2D eigenvalue weighted by Crippen LogP contribution is -2.50. The molecule has 3 aromatic rings. The van der Waals surface area contributed by atoms with Crippen LogP contribution < -0.4 is 69.1 Å². The predicted octanol–water partition coefficient (Wildman–Crippen LogP) is 3.49. The van der Waals surface area contributed by atoms with Gasteiger partial charge in [0, 0.05) is 231 Å². The normalized spacial score (nSPS) is 21.0. The molecule has 12 fully saturated rings. The second-order valence-corrected chi connectivity index (χ2v) is 36.9. The monoisotopic (exact) mass is 1800 g/mol. The molecule has 32 heteroatoms. The van der Waals surface area contributed by atoms with E-state index in [0.29, 0.717) is 26.1 Å². The smallest absolute Gasteiger partial charge is 0.309 e. The lowest BCUT2D eigenvalue weighted by Gasteiger charge is -2.40. The fraction of sp³-hybridized carbons (Fsp3) is 0.823. The van der Waals surface area contributed by atoms with Crippen molar-refractivity contribution in [2.45, 2.75) is 147 Å². The molecule has 12 aliphatic rings. The van der Waals surface area contributed by atoms with E-state index in [2.05, 4.69) is 158 Å². The van der Waals surface area contributed by atoms with Crippen molar-refractivity contribution >= 4 is 35.0 Å². The Hall–Kier alpha value is -5.57. The van der Waals surface area contributed by atoms with E-state index in [4.69, 9.17) is 21.9 Å². The minimum Gasteiger partial charge on any atom is -0.466 e. The zero-order valence-electron chi connectivity index (χ0n) is 82.1. The molecular formula is C96H186N28O4. The van der Waals surface area contributed by atoms with Crippen LogP contribution in [-0.4, -0.2) is 455 Å². The maximum Gasteiger partial charge on any atom is 0.309 e. The molecule has 15 rings (SSSR count). The summed E-state index contributed by atoms with van der Waals surface area (Å²) in [4.78, 5) is 83.4. The zero-order valence-corrected chi connectivity index (χ0v) is 82.1. The molecular weight excluding hydrogens is 1610 g/mol. The van der Waals surface area contributed by atoms with Crippen LogP contribution in [0.2, 0.25) is 0 Å². The van der Waals surface area contributed by atoms with E-state index in [9.17, 15) is 14.4 Å². The number of esters is 1. The summed E-state index contributed by atoms with van der Waals surface area (Å²) in [5, 5.41) is 22.8. The van der Waals surface area contributed by atoms with Crippen molar-refractivity contribution in [1.82, 2.24) is 111 Å². The molecule has 0 atom stereocenters. The lowest BCUT2D eigenvalue weighted by molar-refractivity contribution is -0.148. The minimum atomic E-state index is -0.0194. The van der Waals surface area contributed by atoms with Gasteiger partial charge in [-0.2, -0.15) is 0 Å². The van der Waals surface area contributed by atoms with Gasteiger partial charge in [0.15, 0.2) is 0 Å². The number of anilines is 3. The largest absolute Gasteiger partial charge is 0.466 e. The third-order valence-corrected chi connectivity index (χ3v) is 26.6. The molecule has 3 aromatic heterocycles. The van der Waals surface area contributed by atoms with E-state index >= 15 is 0 Å². The van der Waals surface area contributed by atoms with Crippen LogP contribution in [0.3, 0.4) is 0 Å². The molecule has 0 unspecified atom stereocenters. The summed E-state index contributed by atoms with van der Waals surface area (Å²) < 4.78 is 4.91. The number of carbonyl (C=O) groups excluding carboxylic acids is 3. The Balaban J connectivity index is 0.000000221.